The van der Waals surface area contributed by atoms with Crippen LogP contribution in [-0.4, -0.2) is 36.4 Å². The summed E-state index contributed by atoms with van der Waals surface area (Å²) in [5, 5.41) is 9.41. The Bertz CT molecular complexity index is 1050. The summed E-state index contributed by atoms with van der Waals surface area (Å²) in [4.78, 5) is 26.1. The number of carboxylic acid groups (broad SMARTS) is 1. The number of aliphatic carboxylic acids is 1. The largest absolute Gasteiger partial charge is 0.497 e. The van der Waals surface area contributed by atoms with E-state index in [1.54, 1.807) is 31.4 Å². The third-order valence-corrected chi connectivity index (χ3v) is 5.91. The number of hydrogen-bond donors (Lipinski definition) is 2. The molecule has 0 saturated carbocycles. The Morgan fingerprint density at radius 2 is 1.56 bits per heavy atom. The number of carbonyl (C=O) groups is 2. The van der Waals surface area contributed by atoms with E-state index in [0.717, 1.165) is 23.3 Å². The van der Waals surface area contributed by atoms with E-state index >= 15 is 0 Å². The fourth-order valence-corrected chi connectivity index (χ4v) is 3.88. The Hall–Kier alpha value is -3.45. The van der Waals surface area contributed by atoms with Crippen molar-refractivity contribution in [2.75, 3.05) is 24.3 Å². The zero-order valence-corrected chi connectivity index (χ0v) is 20.0. The highest BCUT2D eigenvalue weighted by molar-refractivity contribution is 7.80. The molecule has 0 aliphatic heterocycles. The van der Waals surface area contributed by atoms with Crippen molar-refractivity contribution in [3.63, 3.8) is 0 Å². The van der Waals surface area contributed by atoms with Gasteiger partial charge in [-0.1, -0.05) is 42.5 Å². The molecule has 178 valence electrons. The van der Waals surface area contributed by atoms with Crippen molar-refractivity contribution in [2.45, 2.75) is 19.4 Å². The molecule has 0 heterocycles. The molecule has 0 spiro atoms. The summed E-state index contributed by atoms with van der Waals surface area (Å²) < 4.78 is 11.0. The van der Waals surface area contributed by atoms with Crippen LogP contribution in [0.25, 0.3) is 0 Å². The number of nitrogens with zero attached hydrogens (tertiary/aromatic N) is 1. The summed E-state index contributed by atoms with van der Waals surface area (Å²) >= 11 is 4.37. The molecule has 0 bridgehead atoms. The molecule has 6 nitrogen and oxygen atoms in total. The van der Waals surface area contributed by atoms with Gasteiger partial charge in [0.2, 0.25) is 5.91 Å². The molecular formula is C27H29NO5S. The van der Waals surface area contributed by atoms with Crippen LogP contribution in [0, 0.1) is 5.92 Å². The van der Waals surface area contributed by atoms with Gasteiger partial charge in [0.25, 0.3) is 0 Å². The number of hydrogen-bond acceptors (Lipinski definition) is 5. The molecule has 1 amide bonds. The number of rotatable bonds is 12. The highest BCUT2D eigenvalue weighted by Gasteiger charge is 2.26. The predicted octanol–water partition coefficient (Wildman–Crippen LogP) is 4.87. The summed E-state index contributed by atoms with van der Waals surface area (Å²) in [6.07, 6.45) is 1.31. The number of methoxy groups -OCH3 is 1. The first kappa shape index (κ1) is 25.2. The summed E-state index contributed by atoms with van der Waals surface area (Å²) in [7, 11) is 1.62. The first-order valence-electron chi connectivity index (χ1n) is 11.0. The third-order valence-electron chi connectivity index (χ3n) is 5.47. The van der Waals surface area contributed by atoms with E-state index in [0.29, 0.717) is 30.2 Å². The summed E-state index contributed by atoms with van der Waals surface area (Å²) in [5.74, 6) is 0.0187. The Morgan fingerprint density at radius 3 is 2.15 bits per heavy atom. The summed E-state index contributed by atoms with van der Waals surface area (Å²) in [6.45, 7) is -0.0389. The molecule has 0 aliphatic carbocycles. The van der Waals surface area contributed by atoms with Crippen molar-refractivity contribution in [3.05, 3.63) is 90.0 Å². The second-order valence-corrected chi connectivity index (χ2v) is 8.22. The van der Waals surface area contributed by atoms with Crippen LogP contribution < -0.4 is 14.4 Å². The molecule has 0 saturated heterocycles. The van der Waals surface area contributed by atoms with Gasteiger partial charge in [0.1, 0.15) is 24.7 Å². The van der Waals surface area contributed by atoms with Crippen molar-refractivity contribution in [3.8, 4) is 11.5 Å². The minimum Gasteiger partial charge on any atom is -0.497 e. The minimum absolute atomic E-state index is 0.250. The molecule has 0 aliphatic rings. The molecule has 0 radical (unpaired) electrons. The molecule has 1 atom stereocenters. The molecule has 3 aromatic rings. The van der Waals surface area contributed by atoms with Crippen LogP contribution in [0.2, 0.25) is 0 Å². The fourth-order valence-electron chi connectivity index (χ4n) is 3.54. The molecule has 7 heteroatoms. The number of anilines is 1. The van der Waals surface area contributed by atoms with Crippen molar-refractivity contribution in [1.82, 2.24) is 0 Å². The van der Waals surface area contributed by atoms with E-state index in [2.05, 4.69) is 12.6 Å². The van der Waals surface area contributed by atoms with E-state index in [1.165, 1.54) is 4.90 Å². The van der Waals surface area contributed by atoms with Crippen molar-refractivity contribution in [2.24, 2.45) is 5.92 Å². The monoisotopic (exact) mass is 479 g/mol. The second-order valence-electron chi connectivity index (χ2n) is 7.85. The lowest BCUT2D eigenvalue weighted by molar-refractivity contribution is -0.137. The second kappa shape index (κ2) is 12.7. The predicted molar refractivity (Wildman–Crippen MR) is 136 cm³/mol. The topological polar surface area (TPSA) is 76.1 Å². The van der Waals surface area contributed by atoms with Crippen molar-refractivity contribution < 1.29 is 24.2 Å². The number of amides is 1. The fraction of sp³-hybridized carbons (Fsp3) is 0.259. The number of thiol groups is 1. The summed E-state index contributed by atoms with van der Waals surface area (Å²) in [6, 6.07) is 24.4. The van der Waals surface area contributed by atoms with E-state index in [9.17, 15) is 14.7 Å². The molecular weight excluding hydrogens is 450 g/mol. The Morgan fingerprint density at radius 1 is 0.912 bits per heavy atom. The highest BCUT2D eigenvalue weighted by Crippen LogP contribution is 2.24. The number of benzene rings is 3. The van der Waals surface area contributed by atoms with Gasteiger partial charge in [-0.25, -0.2) is 0 Å². The normalized spacial score (nSPS) is 11.5. The molecule has 0 fully saturated rings. The van der Waals surface area contributed by atoms with Crippen LogP contribution in [0.3, 0.4) is 0 Å². The Labute approximate surface area is 205 Å². The highest BCUT2D eigenvalue weighted by atomic mass is 32.1. The molecule has 0 aromatic heterocycles. The van der Waals surface area contributed by atoms with Gasteiger partial charge in [-0.2, -0.15) is 12.6 Å². The van der Waals surface area contributed by atoms with Gasteiger partial charge in [0.15, 0.2) is 0 Å². The van der Waals surface area contributed by atoms with Crippen LogP contribution >= 0.6 is 12.6 Å². The molecule has 34 heavy (non-hydrogen) atoms. The molecule has 3 rings (SSSR count). The van der Waals surface area contributed by atoms with Crippen molar-refractivity contribution in [1.29, 1.82) is 0 Å². The van der Waals surface area contributed by atoms with E-state index < -0.39 is 18.4 Å². The minimum atomic E-state index is -1.07. The number of ether oxygens (including phenoxy) is 2. The van der Waals surface area contributed by atoms with E-state index in [4.69, 9.17) is 9.47 Å². The van der Waals surface area contributed by atoms with Crippen LogP contribution in [0.1, 0.15) is 17.5 Å². The zero-order chi connectivity index (χ0) is 24.3. The number of aryl methyl sites for hydroxylation is 1. The maximum absolute atomic E-state index is 13.3. The van der Waals surface area contributed by atoms with Gasteiger partial charge >= 0.3 is 5.97 Å². The van der Waals surface area contributed by atoms with Gasteiger partial charge in [-0.05, 0) is 60.4 Å². The maximum atomic E-state index is 13.3. The van der Waals surface area contributed by atoms with E-state index in [1.807, 2.05) is 54.6 Å². The Kier molecular flexibility index (Phi) is 9.40. The van der Waals surface area contributed by atoms with Gasteiger partial charge in [-0.3, -0.25) is 9.59 Å². The Balaban J connectivity index is 1.66. The van der Waals surface area contributed by atoms with Gasteiger partial charge in [0, 0.05) is 17.4 Å². The average Bonchev–Trinajstić information content (AvgIpc) is 2.87. The molecule has 3 aromatic carbocycles. The first-order chi connectivity index (χ1) is 16.5. The first-order valence-corrected chi connectivity index (χ1v) is 11.7. The maximum Gasteiger partial charge on any atom is 0.323 e. The SMILES string of the molecule is COc1ccc(COc2ccc(N(CC(=O)O)C(=O)C(CS)CCc3ccccc3)cc2)cc1. The van der Waals surface area contributed by atoms with Gasteiger partial charge in [0.05, 0.1) is 7.11 Å². The molecule has 1 N–H and O–H groups in total. The lowest BCUT2D eigenvalue weighted by Crippen LogP contribution is -2.40. The number of carbonyl (C=O) groups excluding carboxylic acids is 1. The van der Waals surface area contributed by atoms with Gasteiger partial charge < -0.3 is 19.5 Å². The van der Waals surface area contributed by atoms with Crippen LogP contribution in [0.5, 0.6) is 11.5 Å². The van der Waals surface area contributed by atoms with E-state index in [-0.39, 0.29) is 5.91 Å². The molecule has 1 unspecified atom stereocenters. The van der Waals surface area contributed by atoms with Crippen molar-refractivity contribution >= 4 is 30.2 Å². The number of carboxylic acids is 1. The lowest BCUT2D eigenvalue weighted by atomic mass is 9.99. The third kappa shape index (κ3) is 7.28. The van der Waals surface area contributed by atoms with Crippen LogP contribution in [0.4, 0.5) is 5.69 Å². The smallest absolute Gasteiger partial charge is 0.323 e. The standard InChI is InChI=1S/C27H29NO5S/c1-32-24-13-8-21(9-14-24)18-33-25-15-11-23(12-16-25)28(17-26(29)30)27(31)22(19-34)10-7-20-5-3-2-4-6-20/h2-6,8-9,11-16,22,34H,7,10,17-19H2,1H3,(H,29,30). The van der Waals surface area contributed by atoms with Crippen LogP contribution in [-0.2, 0) is 22.6 Å². The average molecular weight is 480 g/mol. The lowest BCUT2D eigenvalue weighted by Gasteiger charge is -2.26. The van der Waals surface area contributed by atoms with Gasteiger partial charge in [-0.15, -0.1) is 0 Å². The summed E-state index contributed by atoms with van der Waals surface area (Å²) in [5.41, 5.74) is 2.63. The quantitative estimate of drug-likeness (QED) is 0.363. The zero-order valence-electron chi connectivity index (χ0n) is 19.1. The van der Waals surface area contributed by atoms with Crippen LogP contribution in [0.15, 0.2) is 78.9 Å².